The summed E-state index contributed by atoms with van der Waals surface area (Å²) in [7, 11) is -1.10. The van der Waals surface area contributed by atoms with Gasteiger partial charge in [0.15, 0.2) is 0 Å². The average Bonchev–Trinajstić information content (AvgIpc) is 2.46. The Morgan fingerprint density at radius 2 is 1.88 bits per heavy atom. The molecule has 0 saturated heterocycles. The Morgan fingerprint density at radius 1 is 1.25 bits per heavy atom. The van der Waals surface area contributed by atoms with Crippen LogP contribution in [0.25, 0.3) is 0 Å². The Hall–Kier alpha value is -0.420. The minimum Gasteiger partial charge on any atom is -0.353 e. The van der Waals surface area contributed by atoms with E-state index in [2.05, 4.69) is 5.32 Å². The van der Waals surface area contributed by atoms with Crippen LogP contribution in [0, 0.1) is 0 Å². The van der Waals surface area contributed by atoms with Crippen LogP contribution in [0.1, 0.15) is 38.5 Å². The summed E-state index contributed by atoms with van der Waals surface area (Å²) in [6.07, 6.45) is 7.05. The molecule has 0 bridgehead atoms. The van der Waals surface area contributed by atoms with Crippen LogP contribution in [-0.2, 0) is 15.6 Å². The Labute approximate surface area is 99.8 Å². The van der Waals surface area contributed by atoms with E-state index in [1.165, 1.54) is 25.7 Å². The minimum atomic E-state index is -1.10. The van der Waals surface area contributed by atoms with Gasteiger partial charge in [-0.05, 0) is 12.8 Å². The number of nitrogens with two attached hydrogens (primary N) is 1. The summed E-state index contributed by atoms with van der Waals surface area (Å²) >= 11 is 0. The lowest BCUT2D eigenvalue weighted by Crippen LogP contribution is -2.37. The lowest BCUT2D eigenvalue weighted by molar-refractivity contribution is -0.119. The van der Waals surface area contributed by atoms with Crippen LogP contribution in [0.3, 0.4) is 0 Å². The maximum Gasteiger partial charge on any atom is 0.232 e. The third kappa shape index (κ3) is 5.61. The zero-order chi connectivity index (χ0) is 11.8. The highest BCUT2D eigenvalue weighted by molar-refractivity contribution is 7.85. The minimum absolute atomic E-state index is 0.0846. The number of nitrogens with one attached hydrogen (secondary N) is 1. The molecule has 3 N–H and O–H groups in total. The van der Waals surface area contributed by atoms with Crippen LogP contribution in [0.5, 0.6) is 0 Å². The molecule has 0 aliphatic heterocycles. The van der Waals surface area contributed by atoms with E-state index in [0.29, 0.717) is 18.3 Å². The van der Waals surface area contributed by atoms with E-state index >= 15 is 0 Å². The standard InChI is InChI=1S/C11H22N2O2S/c12-7-8-16(15)9-11(14)13-10-5-3-1-2-4-6-10/h10H,1-9,12H2,(H,13,14). The molecule has 1 aliphatic carbocycles. The molecule has 1 amide bonds. The van der Waals surface area contributed by atoms with Gasteiger partial charge in [0.05, 0.1) is 0 Å². The van der Waals surface area contributed by atoms with Crippen LogP contribution >= 0.6 is 0 Å². The molecule has 0 aromatic carbocycles. The molecule has 1 atom stereocenters. The highest BCUT2D eigenvalue weighted by atomic mass is 32.2. The summed E-state index contributed by atoms with van der Waals surface area (Å²) in [6, 6.07) is 0.296. The number of hydrogen-bond acceptors (Lipinski definition) is 3. The van der Waals surface area contributed by atoms with Gasteiger partial charge in [-0.25, -0.2) is 0 Å². The molecule has 5 heteroatoms. The van der Waals surface area contributed by atoms with Crippen molar-refractivity contribution < 1.29 is 9.00 Å². The zero-order valence-corrected chi connectivity index (χ0v) is 10.6. The Kier molecular flexibility index (Phi) is 6.64. The summed E-state index contributed by atoms with van der Waals surface area (Å²) in [4.78, 5) is 11.6. The fourth-order valence-electron chi connectivity index (χ4n) is 2.04. The third-order valence-corrected chi connectivity index (χ3v) is 4.13. The zero-order valence-electron chi connectivity index (χ0n) is 9.74. The second-order valence-electron chi connectivity index (χ2n) is 4.33. The quantitative estimate of drug-likeness (QED) is 0.695. The van der Waals surface area contributed by atoms with Crippen molar-refractivity contribution in [1.82, 2.24) is 5.32 Å². The number of carbonyl (C=O) groups is 1. The lowest BCUT2D eigenvalue weighted by Gasteiger charge is -2.15. The topological polar surface area (TPSA) is 72.2 Å². The van der Waals surface area contributed by atoms with E-state index in [4.69, 9.17) is 5.73 Å². The van der Waals surface area contributed by atoms with Crippen molar-refractivity contribution in [3.05, 3.63) is 0 Å². The molecule has 1 aliphatic rings. The maximum absolute atomic E-state index is 11.6. The Bertz CT molecular complexity index is 238. The first-order chi connectivity index (χ1) is 7.72. The number of rotatable bonds is 5. The van der Waals surface area contributed by atoms with E-state index in [1.54, 1.807) is 0 Å². The van der Waals surface area contributed by atoms with Crippen molar-refractivity contribution in [3.8, 4) is 0 Å². The summed E-state index contributed by atoms with van der Waals surface area (Å²) in [5.74, 6) is 0.435. The Balaban J connectivity index is 2.24. The van der Waals surface area contributed by atoms with Crippen molar-refractivity contribution in [2.45, 2.75) is 44.6 Å². The number of carbonyl (C=O) groups excluding carboxylic acids is 1. The molecule has 0 heterocycles. The molecule has 0 aromatic rings. The van der Waals surface area contributed by atoms with E-state index < -0.39 is 10.8 Å². The second-order valence-corrected chi connectivity index (χ2v) is 5.91. The predicted molar refractivity (Wildman–Crippen MR) is 66.6 cm³/mol. The fraction of sp³-hybridized carbons (Fsp3) is 0.909. The van der Waals surface area contributed by atoms with Crippen molar-refractivity contribution in [2.24, 2.45) is 5.73 Å². The predicted octanol–water partition coefficient (Wildman–Crippen LogP) is 0.533. The molecule has 4 nitrogen and oxygen atoms in total. The van der Waals surface area contributed by atoms with E-state index in [-0.39, 0.29) is 11.7 Å². The average molecular weight is 246 g/mol. The van der Waals surface area contributed by atoms with Crippen LogP contribution in [0.15, 0.2) is 0 Å². The van der Waals surface area contributed by atoms with Gasteiger partial charge in [0, 0.05) is 29.1 Å². The molecule has 0 spiro atoms. The fourth-order valence-corrected chi connectivity index (χ4v) is 2.83. The first-order valence-electron chi connectivity index (χ1n) is 6.07. The monoisotopic (exact) mass is 246 g/mol. The van der Waals surface area contributed by atoms with Gasteiger partial charge in [-0.3, -0.25) is 9.00 Å². The van der Waals surface area contributed by atoms with Crippen molar-refractivity contribution in [2.75, 3.05) is 18.1 Å². The third-order valence-electron chi connectivity index (χ3n) is 2.86. The Morgan fingerprint density at radius 3 is 2.44 bits per heavy atom. The molecule has 1 rings (SSSR count). The van der Waals surface area contributed by atoms with Crippen LogP contribution in [-0.4, -0.2) is 34.2 Å². The van der Waals surface area contributed by atoms with Gasteiger partial charge in [0.1, 0.15) is 5.75 Å². The van der Waals surface area contributed by atoms with E-state index in [1.807, 2.05) is 0 Å². The van der Waals surface area contributed by atoms with E-state index in [0.717, 1.165) is 12.8 Å². The van der Waals surface area contributed by atoms with Crippen molar-refractivity contribution in [1.29, 1.82) is 0 Å². The molecule has 16 heavy (non-hydrogen) atoms. The highest BCUT2D eigenvalue weighted by Crippen LogP contribution is 2.16. The number of hydrogen-bond donors (Lipinski definition) is 2. The normalized spacial score (nSPS) is 20.1. The van der Waals surface area contributed by atoms with Gasteiger partial charge in [0.25, 0.3) is 0 Å². The van der Waals surface area contributed by atoms with Gasteiger partial charge >= 0.3 is 0 Å². The lowest BCUT2D eigenvalue weighted by atomic mass is 10.1. The van der Waals surface area contributed by atoms with Crippen molar-refractivity contribution in [3.63, 3.8) is 0 Å². The smallest absolute Gasteiger partial charge is 0.232 e. The van der Waals surface area contributed by atoms with Crippen LogP contribution in [0.2, 0.25) is 0 Å². The highest BCUT2D eigenvalue weighted by Gasteiger charge is 2.15. The summed E-state index contributed by atoms with van der Waals surface area (Å²) < 4.78 is 11.3. The molecule has 1 saturated carbocycles. The van der Waals surface area contributed by atoms with Gasteiger partial charge in [-0.1, -0.05) is 25.7 Å². The van der Waals surface area contributed by atoms with Crippen LogP contribution in [0.4, 0.5) is 0 Å². The van der Waals surface area contributed by atoms with Gasteiger partial charge in [0.2, 0.25) is 5.91 Å². The van der Waals surface area contributed by atoms with Crippen molar-refractivity contribution >= 4 is 16.7 Å². The summed E-state index contributed by atoms with van der Waals surface area (Å²) in [5.41, 5.74) is 5.29. The first-order valence-corrected chi connectivity index (χ1v) is 7.55. The molecular weight excluding hydrogens is 224 g/mol. The molecule has 0 radical (unpaired) electrons. The maximum atomic E-state index is 11.6. The van der Waals surface area contributed by atoms with Gasteiger partial charge in [-0.2, -0.15) is 0 Å². The second kappa shape index (κ2) is 7.79. The molecule has 1 unspecified atom stereocenters. The van der Waals surface area contributed by atoms with Crippen LogP contribution < -0.4 is 11.1 Å². The SMILES string of the molecule is NCCS(=O)CC(=O)NC1CCCCCC1. The molecule has 1 fully saturated rings. The summed E-state index contributed by atoms with van der Waals surface area (Å²) in [5, 5.41) is 2.98. The summed E-state index contributed by atoms with van der Waals surface area (Å²) in [6.45, 7) is 0.378. The molecular formula is C11H22N2O2S. The largest absolute Gasteiger partial charge is 0.353 e. The van der Waals surface area contributed by atoms with E-state index in [9.17, 15) is 9.00 Å². The first kappa shape index (κ1) is 13.6. The molecule has 94 valence electrons. The van der Waals surface area contributed by atoms with Gasteiger partial charge in [-0.15, -0.1) is 0 Å². The van der Waals surface area contributed by atoms with Gasteiger partial charge < -0.3 is 11.1 Å². The number of amides is 1. The molecule has 0 aromatic heterocycles.